The zero-order valence-electron chi connectivity index (χ0n) is 15.1. The highest BCUT2D eigenvalue weighted by atomic mass is 16.2. The maximum atomic E-state index is 12.3. The van der Waals surface area contributed by atoms with Gasteiger partial charge in [0.15, 0.2) is 0 Å². The first-order valence-corrected chi connectivity index (χ1v) is 9.54. The van der Waals surface area contributed by atoms with Gasteiger partial charge in [0.1, 0.15) is 6.04 Å². The van der Waals surface area contributed by atoms with Crippen molar-refractivity contribution < 1.29 is 4.79 Å². The number of nitrogens with zero attached hydrogens (tertiary/aromatic N) is 2. The second-order valence-electron chi connectivity index (χ2n) is 7.13. The third-order valence-corrected chi connectivity index (χ3v) is 5.13. The first-order valence-electron chi connectivity index (χ1n) is 9.54. The molecular weight excluding hydrogens is 286 g/mol. The zero-order valence-corrected chi connectivity index (χ0v) is 15.1. The van der Waals surface area contributed by atoms with Crippen molar-refractivity contribution in [3.05, 3.63) is 0 Å². The summed E-state index contributed by atoms with van der Waals surface area (Å²) in [5.41, 5.74) is 6.22. The number of rotatable bonds is 11. The molecule has 0 unspecified atom stereocenters. The first kappa shape index (κ1) is 20.0. The van der Waals surface area contributed by atoms with E-state index >= 15 is 0 Å². The van der Waals surface area contributed by atoms with Crippen LogP contribution >= 0.6 is 0 Å². The highest BCUT2D eigenvalue weighted by Crippen LogP contribution is 2.20. The lowest BCUT2D eigenvalue weighted by atomic mass is 9.93. The minimum Gasteiger partial charge on any atom is -0.327 e. The van der Waals surface area contributed by atoms with Crippen molar-refractivity contribution in [2.24, 2.45) is 11.7 Å². The summed E-state index contributed by atoms with van der Waals surface area (Å²) in [6.45, 7) is 5.11. The fourth-order valence-corrected chi connectivity index (χ4v) is 3.36. The molecule has 1 rings (SSSR count). The Balaban J connectivity index is 2.17. The maximum Gasteiger partial charge on any atom is 0.225 e. The van der Waals surface area contributed by atoms with Crippen LogP contribution < -0.4 is 5.73 Å². The highest BCUT2D eigenvalue weighted by Gasteiger charge is 2.29. The molecule has 1 saturated heterocycles. The van der Waals surface area contributed by atoms with Gasteiger partial charge >= 0.3 is 0 Å². The Morgan fingerprint density at radius 2 is 1.91 bits per heavy atom. The van der Waals surface area contributed by atoms with Crippen molar-refractivity contribution in [3.63, 3.8) is 0 Å². The molecule has 0 aromatic heterocycles. The van der Waals surface area contributed by atoms with E-state index in [2.05, 4.69) is 19.9 Å². The van der Waals surface area contributed by atoms with Crippen LogP contribution in [0.15, 0.2) is 0 Å². The molecule has 1 aliphatic rings. The minimum atomic E-state index is -0.229. The van der Waals surface area contributed by atoms with Gasteiger partial charge in [0.2, 0.25) is 5.91 Å². The lowest BCUT2D eigenvalue weighted by Gasteiger charge is -2.24. The zero-order chi connectivity index (χ0) is 17.1. The van der Waals surface area contributed by atoms with Gasteiger partial charge in [0.25, 0.3) is 0 Å². The van der Waals surface area contributed by atoms with Gasteiger partial charge in [-0.3, -0.25) is 4.79 Å². The molecule has 0 bridgehead atoms. The molecule has 1 heterocycles. The Morgan fingerprint density at radius 3 is 2.57 bits per heavy atom. The van der Waals surface area contributed by atoms with Gasteiger partial charge in [-0.2, -0.15) is 5.26 Å². The SMILES string of the molecule is CCCCCCCCC[C@H](C)[C@H](N)CC(=O)N1CCC[C@H]1C#N. The van der Waals surface area contributed by atoms with Gasteiger partial charge in [0, 0.05) is 19.0 Å². The maximum absolute atomic E-state index is 12.3. The van der Waals surface area contributed by atoms with Crippen LogP contribution in [0.5, 0.6) is 0 Å². The van der Waals surface area contributed by atoms with Crippen LogP contribution in [0.1, 0.15) is 84.5 Å². The lowest BCUT2D eigenvalue weighted by molar-refractivity contribution is -0.131. The molecule has 132 valence electrons. The molecule has 0 aromatic carbocycles. The van der Waals surface area contributed by atoms with E-state index in [0.717, 1.165) is 25.8 Å². The largest absolute Gasteiger partial charge is 0.327 e. The van der Waals surface area contributed by atoms with Crippen molar-refractivity contribution in [2.75, 3.05) is 6.54 Å². The number of carbonyl (C=O) groups excluding carboxylic acids is 1. The Hall–Kier alpha value is -1.08. The van der Waals surface area contributed by atoms with Crippen molar-refractivity contribution >= 4 is 5.91 Å². The average molecular weight is 322 g/mol. The van der Waals surface area contributed by atoms with Gasteiger partial charge in [-0.15, -0.1) is 0 Å². The van der Waals surface area contributed by atoms with Crippen LogP contribution in [-0.2, 0) is 4.79 Å². The summed E-state index contributed by atoms with van der Waals surface area (Å²) in [6.07, 6.45) is 12.4. The van der Waals surface area contributed by atoms with Crippen LogP contribution in [0.25, 0.3) is 0 Å². The Bertz CT molecular complexity index is 377. The molecular formula is C19H35N3O. The van der Waals surface area contributed by atoms with Crippen molar-refractivity contribution in [1.82, 2.24) is 4.90 Å². The number of amides is 1. The third-order valence-electron chi connectivity index (χ3n) is 5.13. The molecule has 1 amide bonds. The number of carbonyl (C=O) groups is 1. The molecule has 4 heteroatoms. The predicted molar refractivity (Wildman–Crippen MR) is 94.7 cm³/mol. The van der Waals surface area contributed by atoms with E-state index in [4.69, 9.17) is 11.0 Å². The monoisotopic (exact) mass is 321 g/mol. The molecule has 2 N–H and O–H groups in total. The van der Waals surface area contributed by atoms with E-state index in [1.807, 2.05) is 0 Å². The molecule has 1 fully saturated rings. The van der Waals surface area contributed by atoms with E-state index in [-0.39, 0.29) is 18.0 Å². The Morgan fingerprint density at radius 1 is 1.26 bits per heavy atom. The van der Waals surface area contributed by atoms with E-state index < -0.39 is 0 Å². The fraction of sp³-hybridized carbons (Fsp3) is 0.895. The number of unbranched alkanes of at least 4 members (excludes halogenated alkanes) is 6. The van der Waals surface area contributed by atoms with Crippen molar-refractivity contribution in [1.29, 1.82) is 5.26 Å². The molecule has 4 nitrogen and oxygen atoms in total. The molecule has 0 spiro atoms. The van der Waals surface area contributed by atoms with Crippen molar-refractivity contribution in [2.45, 2.75) is 96.6 Å². The summed E-state index contributed by atoms with van der Waals surface area (Å²) in [7, 11) is 0. The lowest BCUT2D eigenvalue weighted by Crippen LogP contribution is -2.40. The molecule has 0 aromatic rings. The molecule has 0 aliphatic carbocycles. The summed E-state index contributed by atoms with van der Waals surface area (Å²) in [5.74, 6) is 0.436. The van der Waals surface area contributed by atoms with Gasteiger partial charge in [-0.25, -0.2) is 0 Å². The third kappa shape index (κ3) is 7.35. The topological polar surface area (TPSA) is 70.1 Å². The van der Waals surface area contributed by atoms with Crippen molar-refractivity contribution in [3.8, 4) is 6.07 Å². The van der Waals surface area contributed by atoms with E-state index in [1.54, 1.807) is 4.90 Å². The van der Waals surface area contributed by atoms with Crippen LogP contribution in [0.2, 0.25) is 0 Å². The summed E-state index contributed by atoms with van der Waals surface area (Å²) in [5, 5.41) is 9.07. The molecule has 0 radical (unpaired) electrons. The molecule has 0 saturated carbocycles. The quantitative estimate of drug-likeness (QED) is 0.585. The number of hydrogen-bond donors (Lipinski definition) is 1. The number of nitrogens with two attached hydrogens (primary N) is 1. The summed E-state index contributed by atoms with van der Waals surface area (Å²) >= 11 is 0. The Labute approximate surface area is 142 Å². The highest BCUT2D eigenvalue weighted by molar-refractivity contribution is 5.77. The average Bonchev–Trinajstić information content (AvgIpc) is 3.02. The van der Waals surface area contributed by atoms with Crippen LogP contribution in [0.3, 0.4) is 0 Å². The molecule has 3 atom stereocenters. The smallest absolute Gasteiger partial charge is 0.225 e. The van der Waals surface area contributed by atoms with Crippen LogP contribution in [-0.4, -0.2) is 29.4 Å². The van der Waals surface area contributed by atoms with E-state index in [9.17, 15) is 4.79 Å². The van der Waals surface area contributed by atoms with Gasteiger partial charge in [-0.1, -0.05) is 58.8 Å². The number of hydrogen-bond acceptors (Lipinski definition) is 3. The first-order chi connectivity index (χ1) is 11.1. The normalized spacial score (nSPS) is 20.3. The number of likely N-dealkylation sites (tertiary alicyclic amines) is 1. The van der Waals surface area contributed by atoms with Gasteiger partial charge in [0.05, 0.1) is 6.07 Å². The molecule has 23 heavy (non-hydrogen) atoms. The minimum absolute atomic E-state index is 0.0629. The second kappa shape index (κ2) is 11.5. The van der Waals surface area contributed by atoms with E-state index in [1.165, 1.54) is 44.9 Å². The summed E-state index contributed by atoms with van der Waals surface area (Å²) in [6, 6.07) is 1.91. The standard InChI is InChI=1S/C19H35N3O/c1-3-4-5-6-7-8-9-11-16(2)18(21)14-19(23)22-13-10-12-17(22)15-20/h16-18H,3-14,21H2,1-2H3/t16-,17-,18+/m0/s1. The fourth-order valence-electron chi connectivity index (χ4n) is 3.36. The van der Waals surface area contributed by atoms with Crippen LogP contribution in [0.4, 0.5) is 0 Å². The van der Waals surface area contributed by atoms with E-state index in [0.29, 0.717) is 12.3 Å². The van der Waals surface area contributed by atoms with Gasteiger partial charge in [-0.05, 0) is 25.2 Å². The Kier molecular flexibility index (Phi) is 9.94. The number of nitriles is 1. The van der Waals surface area contributed by atoms with Crippen LogP contribution in [0, 0.1) is 17.2 Å². The summed E-state index contributed by atoms with van der Waals surface area (Å²) < 4.78 is 0. The molecule has 1 aliphatic heterocycles. The van der Waals surface area contributed by atoms with Gasteiger partial charge < -0.3 is 10.6 Å². The predicted octanol–water partition coefficient (Wildman–Crippen LogP) is 4.00. The second-order valence-corrected chi connectivity index (χ2v) is 7.13. The summed E-state index contributed by atoms with van der Waals surface area (Å²) in [4.78, 5) is 14.0.